The normalized spacial score (nSPS) is 17.6. The summed E-state index contributed by atoms with van der Waals surface area (Å²) in [6, 6.07) is 23.8. The summed E-state index contributed by atoms with van der Waals surface area (Å²) in [5.74, 6) is 0.449. The number of amides is 2. The van der Waals surface area contributed by atoms with Crippen molar-refractivity contribution >= 4 is 17.5 Å². The van der Waals surface area contributed by atoms with Crippen molar-refractivity contribution in [2.45, 2.75) is 12.5 Å². The van der Waals surface area contributed by atoms with Crippen LogP contribution >= 0.6 is 0 Å². The Balaban J connectivity index is 1.47. The number of rotatable bonds is 2. The Labute approximate surface area is 168 Å². The topological polar surface area (TPSA) is 58.6 Å². The highest BCUT2D eigenvalue weighted by Crippen LogP contribution is 2.35. The summed E-state index contributed by atoms with van der Waals surface area (Å²) in [7, 11) is 0. The maximum atomic E-state index is 13.3. The van der Waals surface area contributed by atoms with Crippen LogP contribution in [0.1, 0.15) is 33.0 Å². The first kappa shape index (κ1) is 17.5. The van der Waals surface area contributed by atoms with Crippen LogP contribution in [0.3, 0.4) is 0 Å². The fourth-order valence-corrected chi connectivity index (χ4v) is 4.12. The molecule has 1 atom stereocenters. The molecule has 0 aliphatic carbocycles. The van der Waals surface area contributed by atoms with Gasteiger partial charge < -0.3 is 15.0 Å². The molecule has 2 aliphatic heterocycles. The number of carbonyl (C=O) groups excluding carboxylic acids is 2. The molecule has 0 bridgehead atoms. The Bertz CT molecular complexity index is 1090. The van der Waals surface area contributed by atoms with Crippen molar-refractivity contribution in [3.05, 3.63) is 95.1 Å². The highest BCUT2D eigenvalue weighted by atomic mass is 16.5. The zero-order valence-electron chi connectivity index (χ0n) is 15.8. The van der Waals surface area contributed by atoms with E-state index in [1.54, 1.807) is 18.2 Å². The smallest absolute Gasteiger partial charge is 0.262 e. The minimum atomic E-state index is -0.185. The lowest BCUT2D eigenvalue weighted by Gasteiger charge is -2.35. The van der Waals surface area contributed by atoms with E-state index in [2.05, 4.69) is 35.6 Å². The molecule has 0 spiro atoms. The van der Waals surface area contributed by atoms with E-state index < -0.39 is 0 Å². The van der Waals surface area contributed by atoms with Crippen LogP contribution in [0, 0.1) is 0 Å². The summed E-state index contributed by atoms with van der Waals surface area (Å²) in [6.07, 6.45) is 0. The summed E-state index contributed by atoms with van der Waals surface area (Å²) in [5, 5.41) is 2.76. The third kappa shape index (κ3) is 3.25. The van der Waals surface area contributed by atoms with Crippen LogP contribution < -0.4 is 10.1 Å². The molecule has 2 aliphatic rings. The quantitative estimate of drug-likeness (QED) is 0.731. The molecule has 3 aromatic rings. The average Bonchev–Trinajstić information content (AvgIpc) is 2.78. The first-order valence-electron chi connectivity index (χ1n) is 9.68. The number of ether oxygens (including phenoxy) is 1. The van der Waals surface area contributed by atoms with Gasteiger partial charge in [-0.3, -0.25) is 9.59 Å². The molecule has 2 heterocycles. The molecule has 1 N–H and O–H groups in total. The van der Waals surface area contributed by atoms with E-state index in [4.69, 9.17) is 4.74 Å². The summed E-state index contributed by atoms with van der Waals surface area (Å²) in [6.45, 7) is 1.17. The molecule has 0 saturated carbocycles. The van der Waals surface area contributed by atoms with E-state index in [0.29, 0.717) is 30.1 Å². The maximum Gasteiger partial charge on any atom is 0.262 e. The number of carbonyl (C=O) groups is 2. The number of hydrogen-bond acceptors (Lipinski definition) is 3. The molecule has 5 heteroatoms. The van der Waals surface area contributed by atoms with Gasteiger partial charge in [-0.2, -0.15) is 0 Å². The molecule has 5 rings (SSSR count). The Morgan fingerprint density at radius 3 is 2.66 bits per heavy atom. The van der Waals surface area contributed by atoms with Crippen LogP contribution in [0.15, 0.2) is 72.8 Å². The second-order valence-electron chi connectivity index (χ2n) is 7.40. The number of fused-ring (bicyclic) bond motifs is 2. The van der Waals surface area contributed by atoms with E-state index in [1.807, 2.05) is 29.2 Å². The van der Waals surface area contributed by atoms with E-state index in [1.165, 1.54) is 16.7 Å². The number of anilines is 1. The fourth-order valence-electron chi connectivity index (χ4n) is 4.12. The Kier molecular flexibility index (Phi) is 4.28. The summed E-state index contributed by atoms with van der Waals surface area (Å²) < 4.78 is 5.48. The largest absolute Gasteiger partial charge is 0.482 e. The molecule has 0 radical (unpaired) electrons. The zero-order valence-corrected chi connectivity index (χ0v) is 15.8. The molecule has 0 unspecified atom stereocenters. The highest BCUT2D eigenvalue weighted by molar-refractivity contribution is 5.99. The molecule has 2 amide bonds. The van der Waals surface area contributed by atoms with E-state index in [0.717, 1.165) is 0 Å². The fraction of sp³-hybridized carbons (Fsp3) is 0.167. The summed E-state index contributed by atoms with van der Waals surface area (Å²) in [5.41, 5.74) is 4.81. The Morgan fingerprint density at radius 2 is 1.79 bits per heavy atom. The number of nitrogens with zero attached hydrogens (tertiary/aromatic N) is 1. The maximum absolute atomic E-state index is 13.3. The predicted octanol–water partition coefficient (Wildman–Crippen LogP) is 3.81. The van der Waals surface area contributed by atoms with Gasteiger partial charge in [-0.05, 0) is 34.9 Å². The van der Waals surface area contributed by atoms with E-state index in [9.17, 15) is 9.59 Å². The lowest BCUT2D eigenvalue weighted by molar-refractivity contribution is -0.118. The Morgan fingerprint density at radius 1 is 1.00 bits per heavy atom. The zero-order chi connectivity index (χ0) is 19.8. The van der Waals surface area contributed by atoms with Crippen molar-refractivity contribution in [2.75, 3.05) is 18.5 Å². The van der Waals surface area contributed by atoms with Crippen LogP contribution in [0.5, 0.6) is 5.75 Å². The van der Waals surface area contributed by atoms with Gasteiger partial charge in [0.25, 0.3) is 11.8 Å². The third-order valence-corrected chi connectivity index (χ3v) is 5.55. The molecule has 0 saturated heterocycles. The SMILES string of the molecule is O=C1COc2cc(C(=O)N3Cc4ccccc4[C@@H](c4ccccc4)C3)ccc2N1. The van der Waals surface area contributed by atoms with Gasteiger partial charge in [0.05, 0.1) is 5.69 Å². The highest BCUT2D eigenvalue weighted by Gasteiger charge is 2.30. The van der Waals surface area contributed by atoms with Crippen molar-refractivity contribution in [3.63, 3.8) is 0 Å². The van der Waals surface area contributed by atoms with Gasteiger partial charge in [-0.25, -0.2) is 0 Å². The van der Waals surface area contributed by atoms with Gasteiger partial charge in [0.2, 0.25) is 0 Å². The molecule has 0 fully saturated rings. The van der Waals surface area contributed by atoms with E-state index >= 15 is 0 Å². The van der Waals surface area contributed by atoms with Crippen LogP contribution in [0.25, 0.3) is 0 Å². The van der Waals surface area contributed by atoms with Crippen LogP contribution in [0.4, 0.5) is 5.69 Å². The lowest BCUT2D eigenvalue weighted by atomic mass is 9.84. The van der Waals surface area contributed by atoms with Crippen molar-refractivity contribution < 1.29 is 14.3 Å². The summed E-state index contributed by atoms with van der Waals surface area (Å²) in [4.78, 5) is 26.7. The third-order valence-electron chi connectivity index (χ3n) is 5.55. The van der Waals surface area contributed by atoms with Crippen LogP contribution in [0.2, 0.25) is 0 Å². The predicted molar refractivity (Wildman–Crippen MR) is 110 cm³/mol. The first-order valence-corrected chi connectivity index (χ1v) is 9.68. The molecular formula is C24H20N2O3. The minimum absolute atomic E-state index is 0.0299. The second-order valence-corrected chi connectivity index (χ2v) is 7.40. The van der Waals surface area contributed by atoms with Crippen LogP contribution in [-0.4, -0.2) is 29.9 Å². The average molecular weight is 384 g/mol. The molecule has 29 heavy (non-hydrogen) atoms. The number of nitrogens with one attached hydrogen (secondary N) is 1. The first-order chi connectivity index (χ1) is 14.2. The van der Waals surface area contributed by atoms with Gasteiger partial charge in [-0.1, -0.05) is 54.6 Å². The molecule has 3 aromatic carbocycles. The van der Waals surface area contributed by atoms with Crippen molar-refractivity contribution in [1.29, 1.82) is 0 Å². The molecule has 0 aromatic heterocycles. The van der Waals surface area contributed by atoms with Crippen molar-refractivity contribution in [3.8, 4) is 5.75 Å². The molecule has 144 valence electrons. The molecular weight excluding hydrogens is 364 g/mol. The van der Waals surface area contributed by atoms with Crippen molar-refractivity contribution in [2.24, 2.45) is 0 Å². The number of hydrogen-bond donors (Lipinski definition) is 1. The van der Waals surface area contributed by atoms with Gasteiger partial charge in [-0.15, -0.1) is 0 Å². The number of benzene rings is 3. The lowest BCUT2D eigenvalue weighted by Crippen LogP contribution is -2.38. The van der Waals surface area contributed by atoms with Gasteiger partial charge in [0.1, 0.15) is 5.75 Å². The second kappa shape index (κ2) is 7.09. The van der Waals surface area contributed by atoms with Gasteiger partial charge in [0, 0.05) is 24.6 Å². The summed E-state index contributed by atoms with van der Waals surface area (Å²) >= 11 is 0. The standard InChI is InChI=1S/C24H20N2O3/c27-23-15-29-22-12-17(10-11-21(22)25-23)24(28)26-13-18-8-4-5-9-19(18)20(14-26)16-6-2-1-3-7-16/h1-12,20H,13-15H2,(H,25,27)/t20-/m1/s1. The molecule has 5 nitrogen and oxygen atoms in total. The van der Waals surface area contributed by atoms with E-state index in [-0.39, 0.29) is 24.3 Å². The van der Waals surface area contributed by atoms with Crippen LogP contribution in [-0.2, 0) is 11.3 Å². The van der Waals surface area contributed by atoms with Gasteiger partial charge in [0.15, 0.2) is 6.61 Å². The Hall–Kier alpha value is -3.60. The minimum Gasteiger partial charge on any atom is -0.482 e. The van der Waals surface area contributed by atoms with Gasteiger partial charge >= 0.3 is 0 Å². The van der Waals surface area contributed by atoms with Crippen molar-refractivity contribution in [1.82, 2.24) is 4.90 Å². The monoisotopic (exact) mass is 384 g/mol.